The molecule has 0 aromatic heterocycles. The third-order valence-electron chi connectivity index (χ3n) is 3.76. The Morgan fingerprint density at radius 3 is 2.11 bits per heavy atom. The molecule has 0 aliphatic heterocycles. The van der Waals surface area contributed by atoms with E-state index in [0.717, 1.165) is 5.75 Å². The Labute approximate surface area is 115 Å². The summed E-state index contributed by atoms with van der Waals surface area (Å²) in [6, 6.07) is 4.29. The van der Waals surface area contributed by atoms with Crippen molar-refractivity contribution < 1.29 is 4.74 Å². The Kier molecular flexibility index (Phi) is 4.94. The Hall–Kier alpha value is -0.690. The van der Waals surface area contributed by atoms with E-state index < -0.39 is 0 Å². The smallest absolute Gasteiger partial charge is 0.125 e. The standard InChI is InChI=1S/C16H23ClO/c1-12-9-14(11-17)10-13(2)16(12)18-15-7-5-3-4-6-8-15/h9-10,15H,3-8,11H2,1-2H3. The summed E-state index contributed by atoms with van der Waals surface area (Å²) in [5.74, 6) is 1.65. The number of benzene rings is 1. The van der Waals surface area contributed by atoms with E-state index in [1.165, 1.54) is 55.2 Å². The van der Waals surface area contributed by atoms with Crippen LogP contribution in [0.2, 0.25) is 0 Å². The average Bonchev–Trinajstić information content (AvgIpc) is 2.62. The maximum absolute atomic E-state index is 6.25. The molecule has 0 atom stereocenters. The van der Waals surface area contributed by atoms with Crippen LogP contribution >= 0.6 is 11.6 Å². The summed E-state index contributed by atoms with van der Waals surface area (Å²) >= 11 is 5.90. The molecule has 18 heavy (non-hydrogen) atoms. The largest absolute Gasteiger partial charge is 0.490 e. The van der Waals surface area contributed by atoms with Gasteiger partial charge < -0.3 is 4.74 Å². The minimum Gasteiger partial charge on any atom is -0.490 e. The molecule has 1 aliphatic rings. The molecule has 0 bridgehead atoms. The van der Waals surface area contributed by atoms with Gasteiger partial charge in [-0.25, -0.2) is 0 Å². The van der Waals surface area contributed by atoms with Crippen LogP contribution in [0.4, 0.5) is 0 Å². The molecule has 0 radical (unpaired) electrons. The van der Waals surface area contributed by atoms with Crippen LogP contribution in [0.5, 0.6) is 5.75 Å². The molecule has 1 nitrogen and oxygen atoms in total. The number of ether oxygens (including phenoxy) is 1. The number of aryl methyl sites for hydroxylation is 2. The highest BCUT2D eigenvalue weighted by Crippen LogP contribution is 2.29. The second kappa shape index (κ2) is 6.47. The molecule has 1 aromatic carbocycles. The monoisotopic (exact) mass is 266 g/mol. The van der Waals surface area contributed by atoms with Crippen molar-refractivity contribution in [3.63, 3.8) is 0 Å². The van der Waals surface area contributed by atoms with Gasteiger partial charge in [0, 0.05) is 5.88 Å². The maximum atomic E-state index is 6.25. The van der Waals surface area contributed by atoms with Gasteiger partial charge in [-0.1, -0.05) is 25.0 Å². The predicted molar refractivity (Wildman–Crippen MR) is 77.6 cm³/mol. The van der Waals surface area contributed by atoms with Crippen molar-refractivity contribution in [2.75, 3.05) is 0 Å². The summed E-state index contributed by atoms with van der Waals surface area (Å²) in [6.45, 7) is 4.24. The quantitative estimate of drug-likeness (QED) is 0.543. The number of rotatable bonds is 3. The van der Waals surface area contributed by atoms with Gasteiger partial charge in [-0.05, 0) is 56.2 Å². The van der Waals surface area contributed by atoms with Crippen LogP contribution in [-0.2, 0) is 5.88 Å². The first-order valence-electron chi connectivity index (χ1n) is 7.03. The van der Waals surface area contributed by atoms with Crippen molar-refractivity contribution in [3.8, 4) is 5.75 Å². The maximum Gasteiger partial charge on any atom is 0.125 e. The van der Waals surface area contributed by atoms with E-state index in [1.807, 2.05) is 0 Å². The fraction of sp³-hybridized carbons (Fsp3) is 0.625. The molecule has 1 saturated carbocycles. The third kappa shape index (κ3) is 3.41. The van der Waals surface area contributed by atoms with Crippen molar-refractivity contribution in [2.24, 2.45) is 0 Å². The lowest BCUT2D eigenvalue weighted by Gasteiger charge is -2.20. The van der Waals surface area contributed by atoms with E-state index in [2.05, 4.69) is 26.0 Å². The normalized spacial score (nSPS) is 17.5. The van der Waals surface area contributed by atoms with Gasteiger partial charge in [0.1, 0.15) is 5.75 Å². The zero-order chi connectivity index (χ0) is 13.0. The minimum absolute atomic E-state index is 0.409. The van der Waals surface area contributed by atoms with Crippen LogP contribution in [0.3, 0.4) is 0 Å². The molecule has 0 heterocycles. The third-order valence-corrected chi connectivity index (χ3v) is 4.07. The van der Waals surface area contributed by atoms with Crippen LogP contribution in [-0.4, -0.2) is 6.10 Å². The second-order valence-electron chi connectivity index (χ2n) is 5.42. The van der Waals surface area contributed by atoms with Gasteiger partial charge in [0.05, 0.1) is 6.10 Å². The zero-order valence-corrected chi connectivity index (χ0v) is 12.2. The molecular formula is C16H23ClO. The van der Waals surface area contributed by atoms with Gasteiger partial charge in [-0.3, -0.25) is 0 Å². The van der Waals surface area contributed by atoms with E-state index >= 15 is 0 Å². The summed E-state index contributed by atoms with van der Waals surface area (Å²) in [7, 11) is 0. The van der Waals surface area contributed by atoms with E-state index in [-0.39, 0.29) is 0 Å². The van der Waals surface area contributed by atoms with Crippen molar-refractivity contribution in [3.05, 3.63) is 28.8 Å². The highest BCUT2D eigenvalue weighted by atomic mass is 35.5. The topological polar surface area (TPSA) is 9.23 Å². The number of hydrogen-bond acceptors (Lipinski definition) is 1. The van der Waals surface area contributed by atoms with Crippen LogP contribution in [0.15, 0.2) is 12.1 Å². The zero-order valence-electron chi connectivity index (χ0n) is 11.5. The van der Waals surface area contributed by atoms with Crippen LogP contribution in [0.1, 0.15) is 55.2 Å². The number of alkyl halides is 1. The van der Waals surface area contributed by atoms with Gasteiger partial charge in [-0.2, -0.15) is 0 Å². The number of halogens is 1. The summed E-state index contributed by atoms with van der Waals surface area (Å²) in [5.41, 5.74) is 3.62. The minimum atomic E-state index is 0.409. The summed E-state index contributed by atoms with van der Waals surface area (Å²) in [6.07, 6.45) is 8.16. The van der Waals surface area contributed by atoms with Crippen molar-refractivity contribution >= 4 is 11.6 Å². The summed E-state index contributed by atoms with van der Waals surface area (Å²) in [4.78, 5) is 0. The fourth-order valence-corrected chi connectivity index (χ4v) is 2.98. The summed E-state index contributed by atoms with van der Waals surface area (Å²) in [5, 5.41) is 0. The molecule has 1 aliphatic carbocycles. The van der Waals surface area contributed by atoms with Crippen molar-refractivity contribution in [1.29, 1.82) is 0 Å². The van der Waals surface area contributed by atoms with Crippen molar-refractivity contribution in [1.82, 2.24) is 0 Å². The van der Waals surface area contributed by atoms with Gasteiger partial charge in [0.2, 0.25) is 0 Å². The molecule has 0 amide bonds. The lowest BCUT2D eigenvalue weighted by atomic mass is 10.1. The molecule has 0 saturated heterocycles. The first-order valence-corrected chi connectivity index (χ1v) is 7.57. The Morgan fingerprint density at radius 1 is 1.06 bits per heavy atom. The Balaban J connectivity index is 2.12. The fourth-order valence-electron chi connectivity index (χ4n) is 2.83. The van der Waals surface area contributed by atoms with E-state index in [1.54, 1.807) is 0 Å². The first kappa shape index (κ1) is 13.7. The first-order chi connectivity index (χ1) is 8.70. The van der Waals surface area contributed by atoms with Crippen LogP contribution in [0, 0.1) is 13.8 Å². The van der Waals surface area contributed by atoms with Crippen molar-refractivity contribution in [2.45, 2.75) is 64.4 Å². The molecule has 2 heteroatoms. The van der Waals surface area contributed by atoms with E-state index in [9.17, 15) is 0 Å². The molecule has 0 N–H and O–H groups in total. The molecular weight excluding hydrogens is 244 g/mol. The van der Waals surface area contributed by atoms with Gasteiger partial charge in [-0.15, -0.1) is 11.6 Å². The van der Waals surface area contributed by atoms with Crippen LogP contribution in [0.25, 0.3) is 0 Å². The van der Waals surface area contributed by atoms with E-state index in [4.69, 9.17) is 16.3 Å². The highest BCUT2D eigenvalue weighted by molar-refractivity contribution is 6.17. The van der Waals surface area contributed by atoms with Gasteiger partial charge in [0.25, 0.3) is 0 Å². The lowest BCUT2D eigenvalue weighted by Crippen LogP contribution is -2.16. The van der Waals surface area contributed by atoms with Crippen LogP contribution < -0.4 is 4.74 Å². The number of hydrogen-bond donors (Lipinski definition) is 0. The predicted octanol–water partition coefficient (Wildman–Crippen LogP) is 5.14. The lowest BCUT2D eigenvalue weighted by molar-refractivity contribution is 0.181. The summed E-state index contributed by atoms with van der Waals surface area (Å²) < 4.78 is 6.25. The van der Waals surface area contributed by atoms with Gasteiger partial charge >= 0.3 is 0 Å². The van der Waals surface area contributed by atoms with Gasteiger partial charge in [0.15, 0.2) is 0 Å². The molecule has 100 valence electrons. The Morgan fingerprint density at radius 2 is 1.61 bits per heavy atom. The average molecular weight is 267 g/mol. The molecule has 1 fully saturated rings. The second-order valence-corrected chi connectivity index (χ2v) is 5.69. The molecule has 1 aromatic rings. The molecule has 0 unspecified atom stereocenters. The molecule has 0 spiro atoms. The molecule has 2 rings (SSSR count). The Bertz CT molecular complexity index is 369. The highest BCUT2D eigenvalue weighted by Gasteiger charge is 2.16. The SMILES string of the molecule is Cc1cc(CCl)cc(C)c1OC1CCCCCC1. The van der Waals surface area contributed by atoms with E-state index in [0.29, 0.717) is 12.0 Å².